The van der Waals surface area contributed by atoms with Crippen molar-refractivity contribution in [1.29, 1.82) is 11.0 Å². The molecule has 2 aliphatic carbocycles. The van der Waals surface area contributed by atoms with Gasteiger partial charge in [0.1, 0.15) is 0 Å². The highest BCUT2D eigenvalue weighted by atomic mass is 79.9. The molecule has 26 heteroatoms. The number of hydrogen-bond acceptors (Lipinski definition) is 10. The number of nitrogens with zero attached hydrogens (tertiary/aromatic N) is 2. The molecule has 0 aromatic heterocycles. The number of benzene rings is 4. The van der Waals surface area contributed by atoms with Crippen molar-refractivity contribution >= 4 is 107 Å². The number of nitrogens with one attached hydrogen (secondary N) is 4. The summed E-state index contributed by atoms with van der Waals surface area (Å²) in [6, 6.07) is 15.4. The average Bonchev–Trinajstić information content (AvgIpc) is 3.18. The Morgan fingerprint density at radius 2 is 0.935 bits per heavy atom. The molecule has 2 atom stereocenters. The third-order valence-electron chi connectivity index (χ3n) is 10.0. The van der Waals surface area contributed by atoms with Crippen LogP contribution in [0.1, 0.15) is 46.2 Å². The number of carbonyl (C=O) groups excluding carboxylic acids is 2. The summed E-state index contributed by atoms with van der Waals surface area (Å²) >= 11 is 13.5. The van der Waals surface area contributed by atoms with E-state index in [0.717, 1.165) is 12.1 Å². The van der Waals surface area contributed by atoms with Crippen LogP contribution >= 0.6 is 63.7 Å². The van der Waals surface area contributed by atoms with E-state index in [1.165, 1.54) is 60.7 Å². The third kappa shape index (κ3) is 7.89. The van der Waals surface area contributed by atoms with Crippen LogP contribution in [-0.4, -0.2) is 50.1 Å². The molecule has 2 amide bonds. The molecular formula is C36H22Br4F6N6O8S2. The molecule has 0 saturated carbocycles. The lowest BCUT2D eigenvalue weighted by Gasteiger charge is -2.39. The third-order valence-corrected chi connectivity index (χ3v) is 15.4. The predicted molar refractivity (Wildman–Crippen MR) is 222 cm³/mol. The molecule has 0 bridgehead atoms. The predicted octanol–water partition coefficient (Wildman–Crippen LogP) is 10.2. The standard InChI is InChI=1S/C36H22Br4F6N6O8S2/c37-21-9-15(10-22(38)27(21)33(61(55,56)57)13-25(51-47)29(49-31(53)35(41,42)43)17-5-1-3-7-19(17)33)16-11-23(39)28(24(40)12-16)34(62(58,59)60)14-26(52-48)30(50-32(54)36(44,45)46)18-6-2-4-8-20(18)34/h1-12,47-48H,13-14H2,(H,49,53)(H,50,54)(H,55,56,57)(H,58,59,60)/b51-47+,52-48+. The monoisotopic (exact) mass is 1160 g/mol. The molecule has 6 N–H and O–H groups in total. The number of hydrogen-bond donors (Lipinski definition) is 6. The molecular weight excluding hydrogens is 1140 g/mol. The summed E-state index contributed by atoms with van der Waals surface area (Å²) in [6.07, 6.45) is -12.8. The van der Waals surface area contributed by atoms with Gasteiger partial charge in [0, 0.05) is 53.0 Å². The van der Waals surface area contributed by atoms with Crippen LogP contribution < -0.4 is 10.6 Å². The van der Waals surface area contributed by atoms with Crippen molar-refractivity contribution in [3.63, 3.8) is 0 Å². The maximum atomic E-state index is 13.8. The van der Waals surface area contributed by atoms with Gasteiger partial charge in [-0.05, 0) is 46.5 Å². The lowest BCUT2D eigenvalue weighted by atomic mass is 9.77. The summed E-state index contributed by atoms with van der Waals surface area (Å²) in [6.45, 7) is 0. The second kappa shape index (κ2) is 16.4. The fraction of sp³-hybridized carbons (Fsp3) is 0.167. The number of amides is 2. The molecule has 0 radical (unpaired) electrons. The Labute approximate surface area is 382 Å². The minimum atomic E-state index is -5.41. The highest BCUT2D eigenvalue weighted by Crippen LogP contribution is 2.56. The second-order valence-electron chi connectivity index (χ2n) is 13.4. The zero-order valence-corrected chi connectivity index (χ0v) is 38.0. The van der Waals surface area contributed by atoms with E-state index in [1.54, 1.807) is 10.6 Å². The maximum Gasteiger partial charge on any atom is 0.471 e. The number of carbonyl (C=O) groups is 2. The second-order valence-corrected chi connectivity index (χ2v) is 20.1. The van der Waals surface area contributed by atoms with Crippen LogP contribution in [0.5, 0.6) is 0 Å². The van der Waals surface area contributed by atoms with E-state index < -0.39 is 89.5 Å². The zero-order chi connectivity index (χ0) is 47.5. The highest BCUT2D eigenvalue weighted by Gasteiger charge is 2.56. The van der Waals surface area contributed by atoms with Crippen LogP contribution in [0.4, 0.5) is 26.3 Å². The van der Waals surface area contributed by atoms with Gasteiger partial charge in [0.05, 0.1) is 22.8 Å². The van der Waals surface area contributed by atoms with Crippen molar-refractivity contribution in [2.24, 2.45) is 10.2 Å². The summed E-state index contributed by atoms with van der Waals surface area (Å²) < 4.78 is 167. The first-order valence-electron chi connectivity index (χ1n) is 17.6. The van der Waals surface area contributed by atoms with Crippen LogP contribution in [0.3, 0.4) is 0 Å². The van der Waals surface area contributed by atoms with E-state index in [2.05, 4.69) is 85.0 Å². The van der Waals surface area contributed by atoms with Crippen molar-refractivity contribution < 1.29 is 64.7 Å². The molecule has 0 aliphatic heterocycles. The Morgan fingerprint density at radius 1 is 0.629 bits per heavy atom. The molecule has 0 saturated heterocycles. The highest BCUT2D eigenvalue weighted by molar-refractivity contribution is 9.11. The zero-order valence-electron chi connectivity index (χ0n) is 32.1. The Morgan fingerprint density at radius 3 is 1.21 bits per heavy atom. The molecule has 0 heterocycles. The fourth-order valence-corrected chi connectivity index (χ4v) is 14.2. The van der Waals surface area contributed by atoms with Gasteiger partial charge in [-0.25, -0.2) is 11.0 Å². The van der Waals surface area contributed by atoms with Crippen LogP contribution in [0.15, 0.2) is 112 Å². The van der Waals surface area contributed by atoms with Gasteiger partial charge in [0.15, 0.2) is 9.49 Å². The summed E-state index contributed by atoms with van der Waals surface area (Å²) in [5.41, 5.74) is 1.89. The molecule has 4 aromatic rings. The van der Waals surface area contributed by atoms with Crippen molar-refractivity contribution in [2.75, 3.05) is 0 Å². The summed E-state index contributed by atoms with van der Waals surface area (Å²) in [5.74, 6) is -4.90. The SMILES string of the molecule is [H]/N=N/C1=C(NC(=O)C(F)(F)F)c2ccccc2C(c2c(Br)cc(-c3cc(Br)c(C4(S(=O)(=O)O)CC(/N=N/[H])=C(NC(=O)C(F)(F)F)c5ccccc54)c(Br)c3)cc2Br)(S(=O)(=O)O)C1. The normalized spacial score (nSPS) is 20.2. The number of halogens is 10. The van der Waals surface area contributed by atoms with E-state index in [-0.39, 0.29) is 62.4 Å². The number of allylic oxidation sites excluding steroid dienone is 2. The number of rotatable bonds is 9. The minimum absolute atomic E-state index is 0.0647. The van der Waals surface area contributed by atoms with E-state index in [0.29, 0.717) is 0 Å². The van der Waals surface area contributed by atoms with Crippen molar-refractivity contribution in [2.45, 2.75) is 34.7 Å². The fourth-order valence-electron chi connectivity index (χ4n) is 7.49. The summed E-state index contributed by atoms with van der Waals surface area (Å²) in [4.78, 5) is 24.2. The van der Waals surface area contributed by atoms with E-state index in [1.807, 2.05) is 0 Å². The smallest absolute Gasteiger partial charge is 0.316 e. The largest absolute Gasteiger partial charge is 0.471 e. The van der Waals surface area contributed by atoms with Gasteiger partial charge in [-0.2, -0.15) is 53.4 Å². The Balaban J connectivity index is 1.55. The van der Waals surface area contributed by atoms with Gasteiger partial charge in [0.2, 0.25) is 2.82 Å². The van der Waals surface area contributed by atoms with Crippen LogP contribution in [0, 0.1) is 11.0 Å². The summed E-state index contributed by atoms with van der Waals surface area (Å²) in [5, 5.41) is 10.4. The topological polar surface area (TPSA) is 239 Å². The van der Waals surface area contributed by atoms with Crippen molar-refractivity contribution in [1.82, 2.24) is 10.6 Å². The van der Waals surface area contributed by atoms with Gasteiger partial charge in [0.25, 0.3) is 20.2 Å². The molecule has 4 aromatic carbocycles. The van der Waals surface area contributed by atoms with Crippen molar-refractivity contribution in [3.8, 4) is 11.1 Å². The van der Waals surface area contributed by atoms with Gasteiger partial charge in [-0.15, -0.1) is 0 Å². The molecule has 14 nitrogen and oxygen atoms in total. The van der Waals surface area contributed by atoms with Crippen molar-refractivity contribution in [3.05, 3.63) is 135 Å². The van der Waals surface area contributed by atoms with Gasteiger partial charge in [-0.3, -0.25) is 18.7 Å². The number of alkyl halides is 6. The lowest BCUT2D eigenvalue weighted by Crippen LogP contribution is -2.43. The first kappa shape index (κ1) is 44.4. The molecule has 2 aliphatic rings. The molecule has 0 spiro atoms. The van der Waals surface area contributed by atoms with E-state index >= 15 is 0 Å². The Kier molecular flexibility index (Phi) is 11.8. The quantitative estimate of drug-likeness (QED) is 0.0534. The Hall–Kier alpha value is -4.18. The van der Waals surface area contributed by atoms with Crippen LogP contribution in [-0.2, 0) is 39.3 Å². The maximum absolute atomic E-state index is 13.8. The molecule has 0 fully saturated rings. The first-order chi connectivity index (χ1) is 29.6. The van der Waals surface area contributed by atoms with Gasteiger partial charge < -0.3 is 10.6 Å². The van der Waals surface area contributed by atoms with E-state index in [9.17, 15) is 61.9 Å². The van der Waals surface area contributed by atoms with Crippen LogP contribution in [0.25, 0.3) is 22.5 Å². The van der Waals surface area contributed by atoms with Gasteiger partial charge in [-0.1, -0.05) is 112 Å². The molecule has 2 unspecified atom stereocenters. The van der Waals surface area contributed by atoms with Gasteiger partial charge >= 0.3 is 24.2 Å². The molecule has 62 heavy (non-hydrogen) atoms. The van der Waals surface area contributed by atoms with E-state index in [4.69, 9.17) is 2.82 Å². The van der Waals surface area contributed by atoms with Crippen LogP contribution in [0.2, 0.25) is 2.82 Å². The first-order valence-corrected chi connectivity index (χ1v) is 22.8. The number of fused-ring (bicyclic) bond motifs is 2. The minimum Gasteiger partial charge on any atom is -0.316 e. The summed E-state index contributed by atoms with van der Waals surface area (Å²) in [7, 11) is -10.8. The molecule has 6 rings (SSSR count). The lowest BCUT2D eigenvalue weighted by molar-refractivity contribution is -0.172. The average molecular weight is 1160 g/mol. The Bertz CT molecular complexity index is 2780. The molecule has 326 valence electrons.